The number of methoxy groups -OCH3 is 1. The quantitative estimate of drug-likeness (QED) is 0.782. The van der Waals surface area contributed by atoms with E-state index < -0.39 is 0 Å². The molecule has 2 heteroatoms. The molecule has 1 aromatic rings. The van der Waals surface area contributed by atoms with Crippen molar-refractivity contribution in [3.63, 3.8) is 0 Å². The SMILES string of the molecule is CCC(C)(C)C1CCC(Nc2ccc(OC)c(C)c2)CC1. The molecule has 0 saturated heterocycles. The van der Waals surface area contributed by atoms with Gasteiger partial charge < -0.3 is 10.1 Å². The summed E-state index contributed by atoms with van der Waals surface area (Å²) in [6.45, 7) is 9.28. The molecule has 0 bridgehead atoms. The first kappa shape index (κ1) is 16.2. The first-order valence-corrected chi connectivity index (χ1v) is 8.37. The van der Waals surface area contributed by atoms with E-state index in [0.717, 1.165) is 11.7 Å². The highest BCUT2D eigenvalue weighted by molar-refractivity contribution is 5.51. The Hall–Kier alpha value is -1.18. The minimum atomic E-state index is 0.502. The summed E-state index contributed by atoms with van der Waals surface area (Å²) in [6, 6.07) is 7.01. The van der Waals surface area contributed by atoms with Crippen LogP contribution in [0, 0.1) is 18.3 Å². The summed E-state index contributed by atoms with van der Waals surface area (Å²) in [5.74, 6) is 1.85. The summed E-state index contributed by atoms with van der Waals surface area (Å²) in [6.07, 6.45) is 6.58. The summed E-state index contributed by atoms with van der Waals surface area (Å²) in [5, 5.41) is 3.71. The summed E-state index contributed by atoms with van der Waals surface area (Å²) >= 11 is 0. The topological polar surface area (TPSA) is 21.3 Å². The van der Waals surface area contributed by atoms with Crippen molar-refractivity contribution >= 4 is 5.69 Å². The molecule has 1 fully saturated rings. The van der Waals surface area contributed by atoms with Crippen molar-refractivity contribution in [2.45, 2.75) is 65.8 Å². The van der Waals surface area contributed by atoms with Gasteiger partial charge in [-0.05, 0) is 67.7 Å². The molecule has 0 amide bonds. The maximum absolute atomic E-state index is 5.33. The van der Waals surface area contributed by atoms with E-state index in [1.165, 1.54) is 43.4 Å². The number of aryl methyl sites for hydroxylation is 1. The largest absolute Gasteiger partial charge is 0.496 e. The molecular formula is C19H31NO. The fourth-order valence-corrected chi connectivity index (χ4v) is 3.51. The highest BCUT2D eigenvalue weighted by atomic mass is 16.5. The van der Waals surface area contributed by atoms with Gasteiger partial charge in [-0.2, -0.15) is 0 Å². The predicted molar refractivity (Wildman–Crippen MR) is 91.2 cm³/mol. The third-order valence-corrected chi connectivity index (χ3v) is 5.51. The second-order valence-corrected chi connectivity index (χ2v) is 7.22. The third-order valence-electron chi connectivity index (χ3n) is 5.51. The third kappa shape index (κ3) is 3.93. The van der Waals surface area contributed by atoms with Crippen molar-refractivity contribution in [2.24, 2.45) is 11.3 Å². The number of anilines is 1. The normalized spacial score (nSPS) is 22.9. The van der Waals surface area contributed by atoms with Gasteiger partial charge in [-0.25, -0.2) is 0 Å². The number of hydrogen-bond acceptors (Lipinski definition) is 2. The zero-order chi connectivity index (χ0) is 15.5. The van der Waals surface area contributed by atoms with Crippen LogP contribution in [-0.4, -0.2) is 13.2 Å². The van der Waals surface area contributed by atoms with Crippen LogP contribution in [0.15, 0.2) is 18.2 Å². The summed E-state index contributed by atoms with van der Waals surface area (Å²) in [5.41, 5.74) is 2.93. The molecular weight excluding hydrogens is 258 g/mol. The lowest BCUT2D eigenvalue weighted by Gasteiger charge is -2.39. The van der Waals surface area contributed by atoms with Gasteiger partial charge in [-0.1, -0.05) is 27.2 Å². The Kier molecular flexibility index (Phi) is 5.18. The lowest BCUT2D eigenvalue weighted by atomic mass is 9.69. The van der Waals surface area contributed by atoms with E-state index in [4.69, 9.17) is 4.74 Å². The second-order valence-electron chi connectivity index (χ2n) is 7.22. The van der Waals surface area contributed by atoms with E-state index in [1.807, 2.05) is 0 Å². The van der Waals surface area contributed by atoms with Crippen LogP contribution in [0.4, 0.5) is 5.69 Å². The monoisotopic (exact) mass is 289 g/mol. The molecule has 0 heterocycles. The van der Waals surface area contributed by atoms with Gasteiger partial charge in [0, 0.05) is 11.7 Å². The zero-order valence-electron chi connectivity index (χ0n) is 14.3. The maximum Gasteiger partial charge on any atom is 0.121 e. The minimum Gasteiger partial charge on any atom is -0.496 e. The molecule has 0 unspecified atom stereocenters. The Labute approximate surface area is 130 Å². The van der Waals surface area contributed by atoms with Gasteiger partial charge in [-0.3, -0.25) is 0 Å². The van der Waals surface area contributed by atoms with Gasteiger partial charge in [0.15, 0.2) is 0 Å². The summed E-state index contributed by atoms with van der Waals surface area (Å²) in [7, 11) is 1.73. The van der Waals surface area contributed by atoms with E-state index in [-0.39, 0.29) is 0 Å². The van der Waals surface area contributed by atoms with E-state index >= 15 is 0 Å². The van der Waals surface area contributed by atoms with Gasteiger partial charge in [0.05, 0.1) is 7.11 Å². The van der Waals surface area contributed by atoms with Gasteiger partial charge in [0.2, 0.25) is 0 Å². The fraction of sp³-hybridized carbons (Fsp3) is 0.684. The standard InChI is InChI=1S/C19H31NO/c1-6-19(3,4)15-7-9-16(10-8-15)20-17-11-12-18(21-5)14(2)13-17/h11-13,15-16,20H,6-10H2,1-5H3. The highest BCUT2D eigenvalue weighted by Crippen LogP contribution is 2.41. The molecule has 118 valence electrons. The van der Waals surface area contributed by atoms with Crippen LogP contribution in [0.5, 0.6) is 5.75 Å². The average molecular weight is 289 g/mol. The van der Waals surface area contributed by atoms with Crippen molar-refractivity contribution in [1.82, 2.24) is 0 Å². The Morgan fingerprint density at radius 3 is 2.38 bits per heavy atom. The second kappa shape index (κ2) is 6.72. The summed E-state index contributed by atoms with van der Waals surface area (Å²) < 4.78 is 5.33. The molecule has 0 aromatic heterocycles. The predicted octanol–water partition coefficient (Wildman–Crippen LogP) is 5.41. The molecule has 0 aliphatic heterocycles. The van der Waals surface area contributed by atoms with Crippen LogP contribution >= 0.6 is 0 Å². The van der Waals surface area contributed by atoms with E-state index in [1.54, 1.807) is 7.11 Å². The molecule has 1 aliphatic rings. The van der Waals surface area contributed by atoms with Crippen molar-refractivity contribution in [3.8, 4) is 5.75 Å². The number of nitrogens with one attached hydrogen (secondary N) is 1. The van der Waals surface area contributed by atoms with Crippen molar-refractivity contribution in [3.05, 3.63) is 23.8 Å². The van der Waals surface area contributed by atoms with E-state index in [0.29, 0.717) is 11.5 Å². The van der Waals surface area contributed by atoms with Crippen LogP contribution in [0.2, 0.25) is 0 Å². The maximum atomic E-state index is 5.33. The van der Waals surface area contributed by atoms with Gasteiger partial charge in [0.1, 0.15) is 5.75 Å². The fourth-order valence-electron chi connectivity index (χ4n) is 3.51. The number of ether oxygens (including phenoxy) is 1. The minimum absolute atomic E-state index is 0.502. The number of hydrogen-bond donors (Lipinski definition) is 1. The molecule has 2 nitrogen and oxygen atoms in total. The van der Waals surface area contributed by atoms with Crippen molar-refractivity contribution in [1.29, 1.82) is 0 Å². The Morgan fingerprint density at radius 2 is 1.86 bits per heavy atom. The van der Waals surface area contributed by atoms with Gasteiger partial charge >= 0.3 is 0 Å². The molecule has 0 atom stereocenters. The van der Waals surface area contributed by atoms with Crippen LogP contribution < -0.4 is 10.1 Å². The van der Waals surface area contributed by atoms with Gasteiger partial charge in [0.25, 0.3) is 0 Å². The smallest absolute Gasteiger partial charge is 0.121 e. The molecule has 0 spiro atoms. The first-order valence-electron chi connectivity index (χ1n) is 8.37. The van der Waals surface area contributed by atoms with Gasteiger partial charge in [-0.15, -0.1) is 0 Å². The van der Waals surface area contributed by atoms with Crippen LogP contribution in [0.1, 0.15) is 58.4 Å². The Morgan fingerprint density at radius 1 is 1.19 bits per heavy atom. The van der Waals surface area contributed by atoms with E-state index in [2.05, 4.69) is 51.2 Å². The lowest BCUT2D eigenvalue weighted by Crippen LogP contribution is -2.32. The first-order chi connectivity index (χ1) is 9.96. The number of rotatable bonds is 5. The van der Waals surface area contributed by atoms with Crippen LogP contribution in [-0.2, 0) is 0 Å². The zero-order valence-corrected chi connectivity index (χ0v) is 14.3. The molecule has 1 aromatic carbocycles. The number of benzene rings is 1. The van der Waals surface area contributed by atoms with E-state index in [9.17, 15) is 0 Å². The highest BCUT2D eigenvalue weighted by Gasteiger charge is 2.31. The molecule has 1 aliphatic carbocycles. The molecule has 2 rings (SSSR count). The van der Waals surface area contributed by atoms with Crippen LogP contribution in [0.3, 0.4) is 0 Å². The molecule has 1 N–H and O–H groups in total. The average Bonchev–Trinajstić information content (AvgIpc) is 2.48. The lowest BCUT2D eigenvalue weighted by molar-refractivity contribution is 0.147. The molecule has 21 heavy (non-hydrogen) atoms. The molecule has 0 radical (unpaired) electrons. The van der Waals surface area contributed by atoms with Crippen molar-refractivity contribution in [2.75, 3.05) is 12.4 Å². The molecule has 1 saturated carbocycles. The Balaban J connectivity index is 1.90. The Bertz CT molecular complexity index is 459. The van der Waals surface area contributed by atoms with Crippen LogP contribution in [0.25, 0.3) is 0 Å². The summed E-state index contributed by atoms with van der Waals surface area (Å²) in [4.78, 5) is 0. The van der Waals surface area contributed by atoms with Crippen molar-refractivity contribution < 1.29 is 4.74 Å².